The minimum Gasteiger partial charge on any atom is -0.394 e. The Morgan fingerprint density at radius 1 is 1.22 bits per heavy atom. The fraction of sp³-hybridized carbons (Fsp3) is 0.733. The van der Waals surface area contributed by atoms with Crippen molar-refractivity contribution < 1.29 is 20.1 Å². The molecule has 0 saturated carbocycles. The molecule has 1 aliphatic rings. The summed E-state index contributed by atoms with van der Waals surface area (Å²) in [6.07, 6.45) is 1.10. The Labute approximate surface area is 133 Å². The van der Waals surface area contributed by atoms with Gasteiger partial charge in [0, 0.05) is 11.8 Å². The number of nitrogens with zero attached hydrogens (tertiary/aromatic N) is 1. The molecule has 1 saturated heterocycles. The summed E-state index contributed by atoms with van der Waals surface area (Å²) in [5, 5.41) is 28.9. The van der Waals surface area contributed by atoms with Crippen LogP contribution in [0.3, 0.4) is 0 Å². The first-order chi connectivity index (χ1) is 11.0. The smallest absolute Gasteiger partial charge is 0.330 e. The summed E-state index contributed by atoms with van der Waals surface area (Å²) in [6.45, 7) is 1.62. The maximum absolute atomic E-state index is 12.0. The van der Waals surface area contributed by atoms with Crippen molar-refractivity contribution in [3.63, 3.8) is 0 Å². The molecule has 130 valence electrons. The van der Waals surface area contributed by atoms with E-state index in [-0.39, 0.29) is 0 Å². The molecular weight excluding hydrogens is 304 g/mol. The number of aromatic nitrogens is 2. The Kier molecular flexibility index (Phi) is 6.11. The summed E-state index contributed by atoms with van der Waals surface area (Å²) in [4.78, 5) is 26.1. The number of aromatic amines is 1. The molecule has 1 aromatic rings. The van der Waals surface area contributed by atoms with Crippen LogP contribution in [0.15, 0.2) is 15.8 Å². The molecule has 1 fully saturated rings. The minimum atomic E-state index is -1.36. The molecule has 0 spiro atoms. The molecule has 23 heavy (non-hydrogen) atoms. The summed E-state index contributed by atoms with van der Waals surface area (Å²) in [7, 11) is 0. The number of rotatable bonds is 7. The Balaban J connectivity index is 2.22. The van der Waals surface area contributed by atoms with E-state index in [1.807, 2.05) is 0 Å². The van der Waals surface area contributed by atoms with Crippen LogP contribution in [0.4, 0.5) is 0 Å². The minimum absolute atomic E-state index is 0.429. The molecule has 0 radical (unpaired) electrons. The monoisotopic (exact) mass is 328 g/mol. The van der Waals surface area contributed by atoms with E-state index in [0.717, 1.165) is 30.3 Å². The average molecular weight is 328 g/mol. The van der Waals surface area contributed by atoms with Gasteiger partial charge in [-0.15, -0.1) is 0 Å². The van der Waals surface area contributed by atoms with Gasteiger partial charge in [0.1, 0.15) is 18.3 Å². The molecule has 1 aromatic heterocycles. The largest absolute Gasteiger partial charge is 0.394 e. The van der Waals surface area contributed by atoms with Gasteiger partial charge in [0.2, 0.25) is 0 Å². The molecule has 0 amide bonds. The van der Waals surface area contributed by atoms with E-state index in [1.54, 1.807) is 0 Å². The van der Waals surface area contributed by atoms with Gasteiger partial charge < -0.3 is 20.1 Å². The summed E-state index contributed by atoms with van der Waals surface area (Å²) in [6, 6.07) is 0. The first-order valence-electron chi connectivity index (χ1n) is 7.96. The molecule has 4 atom stereocenters. The lowest BCUT2D eigenvalue weighted by Crippen LogP contribution is -2.38. The number of unbranched alkanes of at least 4 members (excludes halogenated alkanes) is 3. The Morgan fingerprint density at radius 3 is 2.57 bits per heavy atom. The second-order valence-electron chi connectivity index (χ2n) is 5.86. The van der Waals surface area contributed by atoms with Crippen molar-refractivity contribution in [1.82, 2.24) is 9.55 Å². The Bertz CT molecular complexity index is 625. The zero-order valence-corrected chi connectivity index (χ0v) is 13.1. The molecule has 2 heterocycles. The quantitative estimate of drug-likeness (QED) is 0.489. The summed E-state index contributed by atoms with van der Waals surface area (Å²) >= 11 is 0. The first kappa shape index (κ1) is 17.9. The van der Waals surface area contributed by atoms with Crippen LogP contribution in [0, 0.1) is 0 Å². The van der Waals surface area contributed by atoms with Crippen molar-refractivity contribution in [2.45, 2.75) is 63.6 Å². The fourth-order valence-electron chi connectivity index (χ4n) is 2.75. The van der Waals surface area contributed by atoms with Gasteiger partial charge in [-0.1, -0.05) is 26.2 Å². The van der Waals surface area contributed by atoms with Gasteiger partial charge >= 0.3 is 5.69 Å². The highest BCUT2D eigenvalue weighted by molar-refractivity contribution is 5.06. The zero-order chi connectivity index (χ0) is 17.0. The van der Waals surface area contributed by atoms with E-state index in [4.69, 9.17) is 9.84 Å². The SMILES string of the molecule is CCCCCCc1cn([C@@H]2O[C@H](CO)[C@@H](O)[C@@H]2O)c(=O)[nH]c1=O. The highest BCUT2D eigenvalue weighted by atomic mass is 16.6. The molecule has 0 unspecified atom stereocenters. The average Bonchev–Trinajstić information content (AvgIpc) is 2.81. The standard InChI is InChI=1S/C15H24N2O6/c1-2-3-4-5-6-9-7-17(15(22)16-13(9)21)14-12(20)11(19)10(8-18)23-14/h7,10-12,14,18-20H,2-6,8H2,1H3,(H,16,21,22)/t10-,11-,12+,14-/m1/s1. The maximum atomic E-state index is 12.0. The predicted molar refractivity (Wildman–Crippen MR) is 82.2 cm³/mol. The van der Waals surface area contributed by atoms with Crippen LogP contribution in [0.25, 0.3) is 0 Å². The van der Waals surface area contributed by atoms with Crippen LogP contribution in [-0.2, 0) is 11.2 Å². The molecule has 4 N–H and O–H groups in total. The van der Waals surface area contributed by atoms with E-state index < -0.39 is 42.4 Å². The number of aliphatic hydroxyl groups is 3. The van der Waals surface area contributed by atoms with Crippen LogP contribution >= 0.6 is 0 Å². The second-order valence-corrected chi connectivity index (χ2v) is 5.86. The van der Waals surface area contributed by atoms with Crippen molar-refractivity contribution in [3.8, 4) is 0 Å². The molecule has 0 bridgehead atoms. The van der Waals surface area contributed by atoms with E-state index in [0.29, 0.717) is 12.0 Å². The van der Waals surface area contributed by atoms with Crippen LogP contribution < -0.4 is 11.2 Å². The molecule has 8 heteroatoms. The van der Waals surface area contributed by atoms with Crippen LogP contribution in [-0.4, -0.2) is 49.8 Å². The predicted octanol–water partition coefficient (Wildman–Crippen LogP) is -0.729. The lowest BCUT2D eigenvalue weighted by Gasteiger charge is -2.18. The summed E-state index contributed by atoms with van der Waals surface area (Å²) in [5.41, 5.74) is -0.741. The molecule has 0 aromatic carbocycles. The van der Waals surface area contributed by atoms with E-state index in [2.05, 4.69) is 11.9 Å². The van der Waals surface area contributed by atoms with E-state index in [9.17, 15) is 19.8 Å². The van der Waals surface area contributed by atoms with Crippen LogP contribution in [0.5, 0.6) is 0 Å². The first-order valence-corrected chi connectivity index (χ1v) is 7.96. The molecule has 2 rings (SSSR count). The third kappa shape index (κ3) is 3.89. The van der Waals surface area contributed by atoms with Gasteiger partial charge in [0.05, 0.1) is 6.61 Å². The van der Waals surface area contributed by atoms with Gasteiger partial charge in [-0.2, -0.15) is 0 Å². The highest BCUT2D eigenvalue weighted by Gasteiger charge is 2.43. The lowest BCUT2D eigenvalue weighted by atomic mass is 10.1. The highest BCUT2D eigenvalue weighted by Crippen LogP contribution is 2.28. The van der Waals surface area contributed by atoms with Crippen molar-refractivity contribution in [3.05, 3.63) is 32.6 Å². The number of ether oxygens (including phenoxy) is 1. The summed E-state index contributed by atoms with van der Waals surface area (Å²) in [5.74, 6) is 0. The topological polar surface area (TPSA) is 125 Å². The second kappa shape index (κ2) is 7.87. The molecule has 1 aliphatic heterocycles. The number of H-pyrrole nitrogens is 1. The number of aliphatic hydroxyl groups excluding tert-OH is 3. The number of nitrogens with one attached hydrogen (secondary N) is 1. The lowest BCUT2D eigenvalue weighted by molar-refractivity contribution is -0.0551. The fourth-order valence-corrected chi connectivity index (χ4v) is 2.75. The third-order valence-electron chi connectivity index (χ3n) is 4.13. The third-order valence-corrected chi connectivity index (χ3v) is 4.13. The number of aryl methyl sites for hydroxylation is 1. The Morgan fingerprint density at radius 2 is 1.96 bits per heavy atom. The van der Waals surface area contributed by atoms with E-state index in [1.165, 1.54) is 6.20 Å². The number of hydrogen-bond donors (Lipinski definition) is 4. The maximum Gasteiger partial charge on any atom is 0.330 e. The van der Waals surface area contributed by atoms with Crippen molar-refractivity contribution in [2.75, 3.05) is 6.61 Å². The molecule has 8 nitrogen and oxygen atoms in total. The van der Waals surface area contributed by atoms with Crippen molar-refractivity contribution >= 4 is 0 Å². The summed E-state index contributed by atoms with van der Waals surface area (Å²) < 4.78 is 6.40. The Hall–Kier alpha value is -1.48. The van der Waals surface area contributed by atoms with Crippen molar-refractivity contribution in [2.24, 2.45) is 0 Å². The van der Waals surface area contributed by atoms with Crippen molar-refractivity contribution in [1.29, 1.82) is 0 Å². The molecule has 0 aliphatic carbocycles. The normalized spacial score (nSPS) is 27.5. The van der Waals surface area contributed by atoms with Gasteiger partial charge in [-0.25, -0.2) is 4.79 Å². The van der Waals surface area contributed by atoms with Crippen LogP contribution in [0.1, 0.15) is 44.4 Å². The van der Waals surface area contributed by atoms with Gasteiger partial charge in [0.15, 0.2) is 6.23 Å². The number of hydrogen-bond acceptors (Lipinski definition) is 6. The zero-order valence-electron chi connectivity index (χ0n) is 13.1. The van der Waals surface area contributed by atoms with E-state index >= 15 is 0 Å². The molecular formula is C15H24N2O6. The van der Waals surface area contributed by atoms with Gasteiger partial charge in [0.25, 0.3) is 5.56 Å². The van der Waals surface area contributed by atoms with Gasteiger partial charge in [-0.3, -0.25) is 14.3 Å². The van der Waals surface area contributed by atoms with Crippen LogP contribution in [0.2, 0.25) is 0 Å². The van der Waals surface area contributed by atoms with Gasteiger partial charge in [-0.05, 0) is 12.8 Å².